The Balaban J connectivity index is 1.94. The lowest BCUT2D eigenvalue weighted by Crippen LogP contribution is -2.38. The van der Waals surface area contributed by atoms with Crippen LogP contribution in [0.4, 0.5) is 24.8 Å². The molecule has 0 aliphatic carbocycles. The molecule has 1 aliphatic heterocycles. The Labute approximate surface area is 227 Å². The van der Waals surface area contributed by atoms with Gasteiger partial charge in [0.05, 0.1) is 29.9 Å². The number of ketones is 1. The van der Waals surface area contributed by atoms with E-state index in [9.17, 15) is 32.8 Å². The number of anilines is 2. The molecule has 3 aromatic rings. The number of fused-ring (bicyclic) bond motifs is 1. The number of unbranched alkanes of at least 4 members (excludes halogenated alkanes) is 1. The number of hydrogen-bond donors (Lipinski definition) is 1. The van der Waals surface area contributed by atoms with Crippen LogP contribution >= 0.6 is 0 Å². The summed E-state index contributed by atoms with van der Waals surface area (Å²) in [6.07, 6.45) is -2.58. The van der Waals surface area contributed by atoms with E-state index in [1.807, 2.05) is 0 Å². The molecular weight excluding hydrogens is 527 g/mol. The molecule has 0 fully saturated rings. The van der Waals surface area contributed by atoms with Crippen molar-refractivity contribution in [3.63, 3.8) is 0 Å². The lowest BCUT2D eigenvalue weighted by atomic mass is 9.88. The molecule has 0 saturated carbocycles. The molecule has 1 atom stereocenters. The number of H-pyrrole nitrogens is 1. The summed E-state index contributed by atoms with van der Waals surface area (Å²) in [6, 6.07) is 10.4. The van der Waals surface area contributed by atoms with E-state index < -0.39 is 29.4 Å². The Morgan fingerprint density at radius 2 is 1.93 bits per heavy atom. The molecule has 0 saturated heterocycles. The molecule has 12 heteroatoms. The molecule has 0 bridgehead atoms. The molecule has 2 aromatic carbocycles. The van der Waals surface area contributed by atoms with Crippen molar-refractivity contribution in [1.29, 1.82) is 5.26 Å². The summed E-state index contributed by atoms with van der Waals surface area (Å²) >= 11 is 0. The van der Waals surface area contributed by atoms with Gasteiger partial charge < -0.3 is 9.53 Å². The Bertz CT molecular complexity index is 1600. The zero-order chi connectivity index (χ0) is 29.2. The number of hydrogen-bond acceptors (Lipinski definition) is 7. The van der Waals surface area contributed by atoms with Crippen molar-refractivity contribution < 1.29 is 27.5 Å². The molecule has 9 nitrogen and oxygen atoms in total. The molecule has 4 rings (SSSR count). The second-order valence-corrected chi connectivity index (χ2v) is 9.41. The first-order chi connectivity index (χ1) is 19.0. The Morgan fingerprint density at radius 3 is 2.58 bits per heavy atom. The van der Waals surface area contributed by atoms with Crippen LogP contribution in [-0.4, -0.2) is 33.6 Å². The third-order valence-corrected chi connectivity index (χ3v) is 6.77. The number of aromatic amines is 1. The van der Waals surface area contributed by atoms with E-state index in [1.165, 1.54) is 35.6 Å². The first-order valence-corrected chi connectivity index (χ1v) is 12.4. The van der Waals surface area contributed by atoms with Gasteiger partial charge in [0, 0.05) is 17.8 Å². The van der Waals surface area contributed by atoms with Crippen molar-refractivity contribution >= 4 is 23.4 Å². The van der Waals surface area contributed by atoms with E-state index >= 15 is 0 Å². The highest BCUT2D eigenvalue weighted by atomic mass is 19.4. The minimum Gasteiger partial charge on any atom is -0.466 e. The van der Waals surface area contributed by atoms with Gasteiger partial charge in [-0.3, -0.25) is 4.90 Å². The van der Waals surface area contributed by atoms with Gasteiger partial charge in [-0.25, -0.2) is 19.3 Å². The number of rotatable bonds is 8. The summed E-state index contributed by atoms with van der Waals surface area (Å²) in [7, 11) is 1.17. The molecule has 1 aromatic heterocycles. The highest BCUT2D eigenvalue weighted by Gasteiger charge is 2.41. The van der Waals surface area contributed by atoms with Crippen LogP contribution in [0.1, 0.15) is 61.4 Å². The Kier molecular flexibility index (Phi) is 7.95. The van der Waals surface area contributed by atoms with E-state index in [0.29, 0.717) is 42.4 Å². The number of Topliss-reactive ketones (excluding diaryl/α,β-unsaturated/α-hetero) is 1. The van der Waals surface area contributed by atoms with E-state index in [1.54, 1.807) is 25.1 Å². The number of benzene rings is 2. The van der Waals surface area contributed by atoms with E-state index in [4.69, 9.17) is 4.74 Å². The van der Waals surface area contributed by atoms with Gasteiger partial charge in [-0.05, 0) is 74.6 Å². The highest BCUT2D eigenvalue weighted by Crippen LogP contribution is 2.43. The fraction of sp³-hybridized carbons (Fsp3) is 0.321. The average Bonchev–Trinajstić information content (AvgIpc) is 3.30. The number of ether oxygens (including phenoxy) is 1. The summed E-state index contributed by atoms with van der Waals surface area (Å²) in [6.45, 7) is 3.04. The number of allylic oxidation sites excluding steroid dienone is 1. The molecule has 0 spiro atoms. The van der Waals surface area contributed by atoms with Gasteiger partial charge in [-0.2, -0.15) is 18.4 Å². The molecule has 1 aliphatic rings. The maximum atomic E-state index is 13.5. The number of carbonyl (C=O) groups is 2. The average molecular weight is 554 g/mol. The first kappa shape index (κ1) is 28.4. The van der Waals surface area contributed by atoms with Crippen LogP contribution in [0.25, 0.3) is 0 Å². The number of nitrogens with one attached hydrogen (secondary N) is 1. The van der Waals surface area contributed by atoms with Gasteiger partial charge in [0.25, 0.3) is 0 Å². The minimum absolute atomic E-state index is 0.0191. The molecule has 1 N–H and O–H groups in total. The molecule has 40 heavy (non-hydrogen) atoms. The second-order valence-electron chi connectivity index (χ2n) is 9.41. The Hall–Kier alpha value is -4.66. The summed E-state index contributed by atoms with van der Waals surface area (Å²) < 4.78 is 46.9. The number of esters is 1. The zero-order valence-electron chi connectivity index (χ0n) is 22.0. The van der Waals surface area contributed by atoms with E-state index in [0.717, 1.165) is 12.1 Å². The van der Waals surface area contributed by atoms with Crippen LogP contribution in [0.5, 0.6) is 0 Å². The predicted molar refractivity (Wildman–Crippen MR) is 139 cm³/mol. The summed E-state index contributed by atoms with van der Waals surface area (Å²) in [4.78, 5) is 39.1. The fourth-order valence-corrected chi connectivity index (χ4v) is 4.93. The van der Waals surface area contributed by atoms with E-state index in [-0.39, 0.29) is 28.7 Å². The van der Waals surface area contributed by atoms with Gasteiger partial charge in [-0.1, -0.05) is 12.1 Å². The van der Waals surface area contributed by atoms with Crippen molar-refractivity contribution in [3.8, 4) is 6.07 Å². The van der Waals surface area contributed by atoms with Gasteiger partial charge >= 0.3 is 17.8 Å². The fourth-order valence-electron chi connectivity index (χ4n) is 4.93. The lowest BCUT2D eigenvalue weighted by molar-refractivity contribution is -0.138. The number of carbonyl (C=O) groups excluding carboxylic acids is 2. The van der Waals surface area contributed by atoms with Gasteiger partial charge in [-0.15, -0.1) is 5.10 Å². The van der Waals surface area contributed by atoms with Gasteiger partial charge in [0.2, 0.25) is 5.95 Å². The Morgan fingerprint density at radius 1 is 1.18 bits per heavy atom. The predicted octanol–water partition coefficient (Wildman–Crippen LogP) is 4.95. The third-order valence-electron chi connectivity index (χ3n) is 6.77. The third kappa shape index (κ3) is 5.40. The number of nitrogens with zero attached hydrogens (tertiary/aromatic N) is 4. The molecule has 0 unspecified atom stereocenters. The second kappa shape index (κ2) is 11.2. The molecule has 208 valence electrons. The topological polar surface area (TPSA) is 121 Å². The molecular formula is C28H26F3N5O4. The molecule has 0 amide bonds. The van der Waals surface area contributed by atoms with Gasteiger partial charge in [0.15, 0.2) is 0 Å². The SMILES string of the molecule is COC(=O)C1=C(C)N(c2cccc(C(F)(F)F)c2)c2n[nH]c(=O)n2[C@@H]1c1ccc(C#N)cc1CCCCC(C)=O. The van der Waals surface area contributed by atoms with Crippen LogP contribution in [0.2, 0.25) is 0 Å². The maximum Gasteiger partial charge on any atom is 0.416 e. The van der Waals surface area contributed by atoms with Gasteiger partial charge in [0.1, 0.15) is 11.8 Å². The summed E-state index contributed by atoms with van der Waals surface area (Å²) in [5.41, 5.74) is 0.230. The number of aryl methyl sites for hydroxylation is 1. The zero-order valence-corrected chi connectivity index (χ0v) is 22.0. The quantitative estimate of drug-likeness (QED) is 0.309. The number of aromatic nitrogens is 3. The smallest absolute Gasteiger partial charge is 0.416 e. The maximum absolute atomic E-state index is 13.5. The molecule has 2 heterocycles. The van der Waals surface area contributed by atoms with Crippen molar-refractivity contribution in [1.82, 2.24) is 14.8 Å². The van der Waals surface area contributed by atoms with Crippen molar-refractivity contribution in [2.45, 2.75) is 51.7 Å². The highest BCUT2D eigenvalue weighted by molar-refractivity contribution is 5.93. The van der Waals surface area contributed by atoms with Crippen molar-refractivity contribution in [3.05, 3.63) is 86.5 Å². The number of alkyl halides is 3. The number of halogens is 3. The standard InChI is InChI=1S/C28H26F3N5O4/c1-16(37)7-4-5-8-19-13-18(15-32)11-12-22(19)24-23(25(38)40-3)17(2)35(26-33-34-27(39)36(24)26)21-10-6-9-20(14-21)28(29,30)31/h6,9-14,24H,4-5,7-8H2,1-3H3,(H,34,39)/t24-/m1/s1. The van der Waals surface area contributed by atoms with Crippen molar-refractivity contribution in [2.24, 2.45) is 0 Å². The lowest BCUT2D eigenvalue weighted by Gasteiger charge is -2.36. The minimum atomic E-state index is -4.62. The largest absolute Gasteiger partial charge is 0.466 e. The monoisotopic (exact) mass is 553 g/mol. The summed E-state index contributed by atoms with van der Waals surface area (Å²) in [5, 5.41) is 16.0. The molecule has 0 radical (unpaired) electrons. The van der Waals surface area contributed by atoms with Crippen LogP contribution < -0.4 is 10.6 Å². The van der Waals surface area contributed by atoms with Crippen LogP contribution in [-0.2, 0) is 26.9 Å². The first-order valence-electron chi connectivity index (χ1n) is 12.4. The van der Waals surface area contributed by atoms with Crippen molar-refractivity contribution in [2.75, 3.05) is 12.0 Å². The van der Waals surface area contributed by atoms with Crippen LogP contribution in [0.3, 0.4) is 0 Å². The number of methoxy groups -OCH3 is 1. The summed E-state index contributed by atoms with van der Waals surface area (Å²) in [5.74, 6) is -0.759. The normalized spacial score (nSPS) is 15.0. The van der Waals surface area contributed by atoms with Crippen LogP contribution in [0, 0.1) is 11.3 Å². The number of nitriles is 1. The van der Waals surface area contributed by atoms with Crippen LogP contribution in [0.15, 0.2) is 58.5 Å². The van der Waals surface area contributed by atoms with E-state index in [2.05, 4.69) is 16.3 Å².